The van der Waals surface area contributed by atoms with Gasteiger partial charge in [0.15, 0.2) is 0 Å². The number of nitrogens with one attached hydrogen (secondary N) is 1. The number of ether oxygens (including phenoxy) is 1. The van der Waals surface area contributed by atoms with Gasteiger partial charge in [0, 0.05) is 16.4 Å². The molecule has 0 saturated carbocycles. The lowest BCUT2D eigenvalue weighted by atomic mass is 9.78. The van der Waals surface area contributed by atoms with Crippen molar-refractivity contribution in [1.29, 1.82) is 0 Å². The Morgan fingerprint density at radius 1 is 1.30 bits per heavy atom. The summed E-state index contributed by atoms with van der Waals surface area (Å²) in [5.74, 6) is 0.454. The molecule has 1 aliphatic rings. The Morgan fingerprint density at radius 2 is 1.95 bits per heavy atom. The molecule has 0 aromatic heterocycles. The van der Waals surface area contributed by atoms with Crippen LogP contribution in [-0.2, 0) is 4.74 Å². The van der Waals surface area contributed by atoms with Gasteiger partial charge in [0.2, 0.25) is 0 Å². The molecule has 0 spiro atoms. The molecule has 2 atom stereocenters. The molecule has 2 rings (SSSR count). The molecule has 1 aliphatic heterocycles. The first-order valence-electron chi connectivity index (χ1n) is 7.30. The highest BCUT2D eigenvalue weighted by Gasteiger charge is 2.49. The van der Waals surface area contributed by atoms with Crippen molar-refractivity contribution >= 4 is 15.9 Å². The smallest absolute Gasteiger partial charge is 0.0681 e. The highest BCUT2D eigenvalue weighted by Crippen LogP contribution is 2.48. The molecule has 3 heteroatoms. The van der Waals surface area contributed by atoms with Crippen LogP contribution in [0.4, 0.5) is 0 Å². The molecule has 2 nitrogen and oxygen atoms in total. The Bertz CT molecular complexity index is 496. The van der Waals surface area contributed by atoms with Crippen LogP contribution in [0.1, 0.15) is 51.3 Å². The highest BCUT2D eigenvalue weighted by atomic mass is 79.9. The van der Waals surface area contributed by atoms with Crippen molar-refractivity contribution in [3.05, 3.63) is 33.8 Å². The minimum Gasteiger partial charge on any atom is -0.369 e. The van der Waals surface area contributed by atoms with Gasteiger partial charge in [0.05, 0.1) is 11.2 Å². The molecule has 20 heavy (non-hydrogen) atoms. The van der Waals surface area contributed by atoms with E-state index in [1.165, 1.54) is 15.6 Å². The Hall–Kier alpha value is -0.380. The zero-order chi connectivity index (χ0) is 15.1. The van der Waals surface area contributed by atoms with Crippen LogP contribution in [0.15, 0.2) is 22.7 Å². The molecular formula is C17H26BrNO. The van der Waals surface area contributed by atoms with Crippen LogP contribution in [-0.4, -0.2) is 18.2 Å². The Balaban J connectivity index is 2.40. The van der Waals surface area contributed by atoms with E-state index in [0.29, 0.717) is 12.0 Å². The van der Waals surface area contributed by atoms with Gasteiger partial charge in [0.25, 0.3) is 0 Å². The summed E-state index contributed by atoms with van der Waals surface area (Å²) in [6.07, 6.45) is 1.07. The Labute approximate surface area is 131 Å². The first kappa shape index (κ1) is 16.0. The summed E-state index contributed by atoms with van der Waals surface area (Å²) in [5, 5.41) is 3.52. The van der Waals surface area contributed by atoms with E-state index >= 15 is 0 Å². The van der Waals surface area contributed by atoms with E-state index < -0.39 is 0 Å². The van der Waals surface area contributed by atoms with Crippen LogP contribution in [0.3, 0.4) is 0 Å². The van der Waals surface area contributed by atoms with Gasteiger partial charge in [-0.25, -0.2) is 0 Å². The zero-order valence-corrected chi connectivity index (χ0v) is 15.0. The molecule has 2 unspecified atom stereocenters. The first-order chi connectivity index (χ1) is 9.18. The van der Waals surface area contributed by atoms with E-state index in [1.54, 1.807) is 0 Å². The van der Waals surface area contributed by atoms with Gasteiger partial charge in [-0.05, 0) is 65.3 Å². The molecule has 1 N–H and O–H groups in total. The molecular weight excluding hydrogens is 314 g/mol. The minimum absolute atomic E-state index is 0.0524. The number of hydrogen-bond acceptors (Lipinski definition) is 2. The summed E-state index contributed by atoms with van der Waals surface area (Å²) in [6.45, 7) is 11.0. The Kier molecular flexibility index (Phi) is 4.35. The van der Waals surface area contributed by atoms with Crippen LogP contribution >= 0.6 is 15.9 Å². The lowest BCUT2D eigenvalue weighted by Gasteiger charge is -2.34. The average molecular weight is 340 g/mol. The molecule has 1 aromatic carbocycles. The summed E-state index contributed by atoms with van der Waals surface area (Å²) < 4.78 is 7.44. The maximum absolute atomic E-state index is 6.27. The van der Waals surface area contributed by atoms with E-state index in [4.69, 9.17) is 4.74 Å². The van der Waals surface area contributed by atoms with Gasteiger partial charge in [0.1, 0.15) is 0 Å². The monoisotopic (exact) mass is 339 g/mol. The molecule has 1 fully saturated rings. The van der Waals surface area contributed by atoms with Gasteiger partial charge in [-0.3, -0.25) is 0 Å². The van der Waals surface area contributed by atoms with Gasteiger partial charge in [-0.2, -0.15) is 0 Å². The second kappa shape index (κ2) is 5.43. The number of benzene rings is 1. The van der Waals surface area contributed by atoms with Crippen molar-refractivity contribution in [2.75, 3.05) is 7.05 Å². The molecule has 0 bridgehead atoms. The summed E-state index contributed by atoms with van der Waals surface area (Å²) in [5.41, 5.74) is 2.50. The summed E-state index contributed by atoms with van der Waals surface area (Å²) in [6, 6.07) is 6.75. The van der Waals surface area contributed by atoms with Crippen LogP contribution < -0.4 is 5.32 Å². The van der Waals surface area contributed by atoms with Gasteiger partial charge < -0.3 is 10.1 Å². The van der Waals surface area contributed by atoms with E-state index in [0.717, 1.165) is 6.42 Å². The van der Waals surface area contributed by atoms with Crippen LogP contribution in [0, 0.1) is 12.8 Å². The standard InChI is InChI=1S/C17H26BrNO/c1-11-12(8-7-9-14(11)18)15(19-6)13-10-16(2,3)20-17(13,4)5/h7-9,13,15,19H,10H2,1-6H3. The summed E-state index contributed by atoms with van der Waals surface area (Å²) in [7, 11) is 2.05. The first-order valence-corrected chi connectivity index (χ1v) is 8.10. The maximum Gasteiger partial charge on any atom is 0.0681 e. The SMILES string of the molecule is CNC(c1cccc(Br)c1C)C1CC(C)(C)OC1(C)C. The third-order valence-electron chi connectivity index (χ3n) is 4.50. The quantitative estimate of drug-likeness (QED) is 0.867. The van der Waals surface area contributed by atoms with Crippen molar-refractivity contribution < 1.29 is 4.74 Å². The molecule has 0 radical (unpaired) electrons. The molecule has 0 aliphatic carbocycles. The van der Waals surface area contributed by atoms with Gasteiger partial charge in [-0.15, -0.1) is 0 Å². The second-order valence-electron chi connectivity index (χ2n) is 7.00. The third kappa shape index (κ3) is 2.95. The van der Waals surface area contributed by atoms with Crippen molar-refractivity contribution in [3.8, 4) is 0 Å². The molecule has 1 saturated heterocycles. The fourth-order valence-corrected chi connectivity index (χ4v) is 4.04. The summed E-state index contributed by atoms with van der Waals surface area (Å²) >= 11 is 3.64. The van der Waals surface area contributed by atoms with Crippen LogP contribution in [0.5, 0.6) is 0 Å². The zero-order valence-electron chi connectivity index (χ0n) is 13.4. The van der Waals surface area contributed by atoms with E-state index in [9.17, 15) is 0 Å². The van der Waals surface area contributed by atoms with Crippen LogP contribution in [0.2, 0.25) is 0 Å². The van der Waals surface area contributed by atoms with Gasteiger partial charge in [-0.1, -0.05) is 28.1 Å². The topological polar surface area (TPSA) is 21.3 Å². The molecule has 1 aromatic rings. The average Bonchev–Trinajstić information content (AvgIpc) is 2.54. The van der Waals surface area contributed by atoms with Crippen molar-refractivity contribution in [1.82, 2.24) is 5.32 Å². The van der Waals surface area contributed by atoms with Crippen LogP contribution in [0.25, 0.3) is 0 Å². The Morgan fingerprint density at radius 3 is 2.45 bits per heavy atom. The predicted molar refractivity (Wildman–Crippen MR) is 88.0 cm³/mol. The minimum atomic E-state index is -0.119. The largest absolute Gasteiger partial charge is 0.369 e. The molecule has 112 valence electrons. The second-order valence-corrected chi connectivity index (χ2v) is 7.85. The number of hydrogen-bond donors (Lipinski definition) is 1. The van der Waals surface area contributed by atoms with Gasteiger partial charge >= 0.3 is 0 Å². The summed E-state index contributed by atoms with van der Waals surface area (Å²) in [4.78, 5) is 0. The fraction of sp³-hybridized carbons (Fsp3) is 0.647. The fourth-order valence-electron chi connectivity index (χ4n) is 3.66. The predicted octanol–water partition coefficient (Wildman–Crippen LogP) is 4.61. The third-order valence-corrected chi connectivity index (χ3v) is 5.36. The van der Waals surface area contributed by atoms with Crippen molar-refractivity contribution in [2.24, 2.45) is 5.92 Å². The normalized spacial score (nSPS) is 25.6. The maximum atomic E-state index is 6.27. The lowest BCUT2D eigenvalue weighted by Crippen LogP contribution is -2.37. The molecule has 1 heterocycles. The van der Waals surface area contributed by atoms with E-state index in [1.807, 2.05) is 7.05 Å². The van der Waals surface area contributed by atoms with Crippen molar-refractivity contribution in [2.45, 2.75) is 58.3 Å². The number of rotatable bonds is 3. The van der Waals surface area contributed by atoms with E-state index in [2.05, 4.69) is 74.1 Å². The lowest BCUT2D eigenvalue weighted by molar-refractivity contribution is -0.0776. The highest BCUT2D eigenvalue weighted by molar-refractivity contribution is 9.10. The number of halogens is 1. The van der Waals surface area contributed by atoms with E-state index in [-0.39, 0.29) is 11.2 Å². The van der Waals surface area contributed by atoms with Crippen molar-refractivity contribution in [3.63, 3.8) is 0 Å². The molecule has 0 amide bonds.